The van der Waals surface area contributed by atoms with Crippen molar-refractivity contribution in [3.05, 3.63) is 23.8 Å². The van der Waals surface area contributed by atoms with Gasteiger partial charge in [-0.05, 0) is 37.3 Å². The van der Waals surface area contributed by atoms with Crippen LogP contribution in [0.2, 0.25) is 0 Å². The molecule has 4 rings (SSSR count). The van der Waals surface area contributed by atoms with Gasteiger partial charge in [0.15, 0.2) is 5.78 Å². The van der Waals surface area contributed by atoms with Gasteiger partial charge in [-0.25, -0.2) is 0 Å². The van der Waals surface area contributed by atoms with Crippen molar-refractivity contribution in [1.82, 2.24) is 10.6 Å². The third kappa shape index (κ3) is 5.04. The summed E-state index contributed by atoms with van der Waals surface area (Å²) in [6.45, 7) is 0.607. The minimum absolute atomic E-state index is 0.00673. The number of ether oxygens (including phenoxy) is 1. The standard InChI is InChI=1S/C24H30N4O4/c1-32-22-4-2-3-19-18(22)12-20(28-19)21(29)11-16(9-14-5-6-14)24(31)27-17(13-25)10-15-7-8-26-23(15)30/h2-4,14-17,20,28H,5-12H2,1H3,(H,26,30)(H,27,31). The van der Waals surface area contributed by atoms with Crippen LogP contribution in [0.3, 0.4) is 0 Å². The molecule has 1 aromatic carbocycles. The Morgan fingerprint density at radius 2 is 2.09 bits per heavy atom. The van der Waals surface area contributed by atoms with E-state index in [1.807, 2.05) is 18.2 Å². The first kappa shape index (κ1) is 22.1. The molecule has 0 spiro atoms. The Labute approximate surface area is 188 Å². The second-order valence-corrected chi connectivity index (χ2v) is 9.14. The Balaban J connectivity index is 1.37. The Morgan fingerprint density at radius 3 is 2.75 bits per heavy atom. The predicted octanol–water partition coefficient (Wildman–Crippen LogP) is 1.94. The van der Waals surface area contributed by atoms with Crippen LogP contribution in [-0.2, 0) is 20.8 Å². The molecular formula is C24H30N4O4. The summed E-state index contributed by atoms with van der Waals surface area (Å²) in [6.07, 6.45) is 4.46. The van der Waals surface area contributed by atoms with Gasteiger partial charge < -0.3 is 20.7 Å². The van der Waals surface area contributed by atoms with Crippen LogP contribution in [0.1, 0.15) is 44.1 Å². The maximum atomic E-state index is 13.1. The molecule has 2 fully saturated rings. The SMILES string of the molecule is COc1cccc2c1CC(C(=O)CC(CC1CC1)C(=O)NC(C#N)CC1CCNC1=O)N2. The highest BCUT2D eigenvalue weighted by Crippen LogP contribution is 2.38. The van der Waals surface area contributed by atoms with E-state index in [-0.39, 0.29) is 36.0 Å². The molecule has 1 saturated carbocycles. The molecule has 2 aliphatic heterocycles. The number of methoxy groups -OCH3 is 1. The highest BCUT2D eigenvalue weighted by atomic mass is 16.5. The highest BCUT2D eigenvalue weighted by Gasteiger charge is 2.36. The molecule has 3 aliphatic rings. The van der Waals surface area contributed by atoms with Crippen LogP contribution in [0.15, 0.2) is 18.2 Å². The van der Waals surface area contributed by atoms with Crippen LogP contribution in [0, 0.1) is 29.1 Å². The normalized spacial score (nSPS) is 23.3. The average molecular weight is 439 g/mol. The molecule has 4 unspecified atom stereocenters. The second-order valence-electron chi connectivity index (χ2n) is 9.14. The van der Waals surface area contributed by atoms with Crippen LogP contribution in [0.25, 0.3) is 0 Å². The maximum Gasteiger partial charge on any atom is 0.224 e. The fourth-order valence-electron chi connectivity index (χ4n) is 4.75. The van der Waals surface area contributed by atoms with Crippen molar-refractivity contribution in [3.8, 4) is 11.8 Å². The number of hydrogen-bond donors (Lipinski definition) is 3. The van der Waals surface area contributed by atoms with Gasteiger partial charge in [0, 0.05) is 42.5 Å². The van der Waals surface area contributed by atoms with E-state index in [2.05, 4.69) is 22.0 Å². The molecule has 0 bridgehead atoms. The summed E-state index contributed by atoms with van der Waals surface area (Å²) in [6, 6.07) is 6.69. The molecule has 1 saturated heterocycles. The fraction of sp³-hybridized carbons (Fsp3) is 0.583. The van der Waals surface area contributed by atoms with Crippen molar-refractivity contribution in [1.29, 1.82) is 5.26 Å². The number of ketones is 1. The van der Waals surface area contributed by atoms with Crippen molar-refractivity contribution >= 4 is 23.3 Å². The third-order valence-electron chi connectivity index (χ3n) is 6.77. The molecule has 170 valence electrons. The molecule has 32 heavy (non-hydrogen) atoms. The Kier molecular flexibility index (Phi) is 6.63. The lowest BCUT2D eigenvalue weighted by molar-refractivity contribution is -0.130. The number of carbonyl (C=O) groups is 3. The van der Waals surface area contributed by atoms with Crippen molar-refractivity contribution < 1.29 is 19.1 Å². The van der Waals surface area contributed by atoms with Gasteiger partial charge in [0.1, 0.15) is 11.8 Å². The summed E-state index contributed by atoms with van der Waals surface area (Å²) in [5, 5.41) is 18.4. The van der Waals surface area contributed by atoms with E-state index in [0.717, 1.165) is 29.8 Å². The number of amides is 2. The molecule has 1 aliphatic carbocycles. The number of Topliss-reactive ketones (excluding diaryl/α,β-unsaturated/α-hetero) is 1. The van der Waals surface area contributed by atoms with Gasteiger partial charge in [0.2, 0.25) is 11.8 Å². The van der Waals surface area contributed by atoms with Crippen LogP contribution in [0.4, 0.5) is 5.69 Å². The highest BCUT2D eigenvalue weighted by molar-refractivity contribution is 5.93. The van der Waals surface area contributed by atoms with Gasteiger partial charge in [-0.2, -0.15) is 5.26 Å². The van der Waals surface area contributed by atoms with Gasteiger partial charge in [0.25, 0.3) is 0 Å². The number of rotatable bonds is 10. The molecule has 1 aromatic rings. The molecule has 0 aromatic heterocycles. The quantitative estimate of drug-likeness (QED) is 0.513. The summed E-state index contributed by atoms with van der Waals surface area (Å²) < 4.78 is 5.41. The lowest BCUT2D eigenvalue weighted by atomic mass is 9.91. The fourth-order valence-corrected chi connectivity index (χ4v) is 4.75. The molecular weight excluding hydrogens is 408 g/mol. The number of anilines is 1. The van der Waals surface area contributed by atoms with Gasteiger partial charge in [-0.15, -0.1) is 0 Å². The topological polar surface area (TPSA) is 120 Å². The zero-order valence-corrected chi connectivity index (χ0v) is 18.4. The number of carbonyl (C=O) groups excluding carboxylic acids is 3. The molecule has 4 atom stereocenters. The molecule has 8 nitrogen and oxygen atoms in total. The molecule has 2 heterocycles. The van der Waals surface area contributed by atoms with Crippen molar-refractivity contribution in [2.75, 3.05) is 19.0 Å². The minimum atomic E-state index is -0.730. The lowest BCUT2D eigenvalue weighted by Gasteiger charge is -2.21. The van der Waals surface area contributed by atoms with E-state index in [1.54, 1.807) is 7.11 Å². The summed E-state index contributed by atoms with van der Waals surface area (Å²) in [5.74, 6) is 0.178. The zero-order valence-electron chi connectivity index (χ0n) is 18.4. The first-order chi connectivity index (χ1) is 15.5. The van der Waals surface area contributed by atoms with E-state index in [1.165, 1.54) is 0 Å². The summed E-state index contributed by atoms with van der Waals surface area (Å²) in [7, 11) is 1.61. The first-order valence-electron chi connectivity index (χ1n) is 11.4. The zero-order chi connectivity index (χ0) is 22.7. The maximum absolute atomic E-state index is 13.1. The number of benzene rings is 1. The monoisotopic (exact) mass is 438 g/mol. The van der Waals surface area contributed by atoms with Crippen LogP contribution >= 0.6 is 0 Å². The Hall–Kier alpha value is -3.08. The summed E-state index contributed by atoms with van der Waals surface area (Å²) in [4.78, 5) is 38.0. The van der Waals surface area contributed by atoms with Crippen molar-refractivity contribution in [3.63, 3.8) is 0 Å². The predicted molar refractivity (Wildman–Crippen MR) is 118 cm³/mol. The second kappa shape index (κ2) is 9.60. The number of fused-ring (bicyclic) bond motifs is 1. The van der Waals surface area contributed by atoms with Crippen LogP contribution in [0.5, 0.6) is 5.75 Å². The average Bonchev–Trinajstić information content (AvgIpc) is 3.35. The van der Waals surface area contributed by atoms with Crippen LogP contribution < -0.4 is 20.7 Å². The molecule has 0 radical (unpaired) electrons. The largest absolute Gasteiger partial charge is 0.496 e. The summed E-state index contributed by atoms with van der Waals surface area (Å²) in [5.41, 5.74) is 1.88. The number of nitriles is 1. The Morgan fingerprint density at radius 1 is 1.28 bits per heavy atom. The van der Waals surface area contributed by atoms with Crippen LogP contribution in [-0.4, -0.2) is 43.3 Å². The van der Waals surface area contributed by atoms with E-state index < -0.39 is 12.0 Å². The third-order valence-corrected chi connectivity index (χ3v) is 6.77. The van der Waals surface area contributed by atoms with Crippen molar-refractivity contribution in [2.24, 2.45) is 17.8 Å². The van der Waals surface area contributed by atoms with E-state index in [4.69, 9.17) is 4.74 Å². The molecule has 8 heteroatoms. The molecule has 3 N–H and O–H groups in total. The van der Waals surface area contributed by atoms with Gasteiger partial charge in [-0.3, -0.25) is 14.4 Å². The van der Waals surface area contributed by atoms with E-state index in [0.29, 0.717) is 38.1 Å². The Bertz CT molecular complexity index is 936. The van der Waals surface area contributed by atoms with Crippen molar-refractivity contribution in [2.45, 2.75) is 57.0 Å². The minimum Gasteiger partial charge on any atom is -0.496 e. The van der Waals surface area contributed by atoms with Gasteiger partial charge in [0.05, 0.1) is 19.2 Å². The van der Waals surface area contributed by atoms with E-state index in [9.17, 15) is 19.6 Å². The number of nitrogens with one attached hydrogen (secondary N) is 3. The van der Waals surface area contributed by atoms with Gasteiger partial charge >= 0.3 is 0 Å². The summed E-state index contributed by atoms with van der Waals surface area (Å²) >= 11 is 0. The number of nitrogens with zero attached hydrogens (tertiary/aromatic N) is 1. The number of hydrogen-bond acceptors (Lipinski definition) is 6. The first-order valence-corrected chi connectivity index (χ1v) is 11.4. The van der Waals surface area contributed by atoms with E-state index >= 15 is 0 Å². The van der Waals surface area contributed by atoms with Gasteiger partial charge in [-0.1, -0.05) is 18.9 Å². The smallest absolute Gasteiger partial charge is 0.224 e. The molecule has 2 amide bonds. The lowest BCUT2D eigenvalue weighted by Crippen LogP contribution is -2.41.